The molecule has 27 heteroatoms. The summed E-state index contributed by atoms with van der Waals surface area (Å²) in [5, 5.41) is 56.8. The molecule has 1 aromatic carbocycles. The predicted octanol–water partition coefficient (Wildman–Crippen LogP) is -0.505. The van der Waals surface area contributed by atoms with Crippen LogP contribution in [0.15, 0.2) is 24.3 Å². The molecule has 8 amide bonds. The summed E-state index contributed by atoms with van der Waals surface area (Å²) >= 11 is 0. The fourth-order valence-electron chi connectivity index (χ4n) is 7.23. The predicted molar refractivity (Wildman–Crippen MR) is 256 cm³/mol. The van der Waals surface area contributed by atoms with Crippen molar-refractivity contribution in [3.63, 3.8) is 0 Å². The third-order valence-corrected chi connectivity index (χ3v) is 19.3. The van der Waals surface area contributed by atoms with E-state index in [1.165, 1.54) is 5.19 Å². The average Bonchev–Trinajstić information content (AvgIpc) is 3.26. The zero-order chi connectivity index (χ0) is 53.6. The molecule has 400 valence electrons. The van der Waals surface area contributed by atoms with Gasteiger partial charge in [-0.2, -0.15) is 0 Å². The standard InChI is InChI=1S/C44H71N10O15Si.Cm/c1-43(2,3)70(7,44(4,5)6)26-12-10-25(11-13-26)36(60)50-24-27(46)37(61)52-31(23-45)38(62)49-22-19-33(56)48-21-18-32(55)47-20-8-9-28(39(63)64)51-34(57)16-14-29(40(65)66)53-42(69)54-30(41(67)68)15-17-35(58)59;/h10-13,27-31,46H,8-9,14-24,45H2,1-7H3,(H,47,55)(H,48,56)(H,49,62)(H,50,60)(H,51,57)(H,52,61)(H,58,59)(H,63,64)(H,65,66)(H,67,68)(H2,53,54,69);/q-1;/t27-,28-,29+,30+,31-;/m1./s1. The van der Waals surface area contributed by atoms with Gasteiger partial charge >= 0.3 is 29.9 Å². The third kappa shape index (κ3) is 21.7. The molecular weight excluding hydrogens is 1180 g/mol. The van der Waals surface area contributed by atoms with Crippen molar-refractivity contribution in [2.24, 2.45) is 5.73 Å². The molecule has 25 nitrogen and oxygen atoms in total. The quantitative estimate of drug-likeness (QED) is 0.0341. The normalized spacial score (nSPS) is 13.5. The first-order valence-corrected chi connectivity index (χ1v) is 25.1. The van der Waals surface area contributed by atoms with Gasteiger partial charge in [0.05, 0.1) is 8.07 Å². The molecule has 0 saturated carbocycles. The Morgan fingerprint density at radius 2 is 1.04 bits per heavy atom. The van der Waals surface area contributed by atoms with Gasteiger partial charge in [0.2, 0.25) is 29.5 Å². The molecule has 5 atom stereocenters. The molecule has 0 aromatic heterocycles. The Bertz CT molecular complexity index is 2020. The van der Waals surface area contributed by atoms with E-state index in [0.29, 0.717) is 5.56 Å². The summed E-state index contributed by atoms with van der Waals surface area (Å²) in [6, 6.07) is -1.28. The van der Waals surface area contributed by atoms with E-state index >= 15 is 0 Å². The molecular formula is C44H71CmN10O15Si-. The van der Waals surface area contributed by atoms with E-state index in [0.717, 1.165) is 0 Å². The number of aliphatic carboxylic acids is 4. The number of nitrogens with two attached hydrogens (primary N) is 1. The molecule has 0 aliphatic carbocycles. The van der Waals surface area contributed by atoms with Crippen LogP contribution < -0.4 is 53.5 Å². The van der Waals surface area contributed by atoms with E-state index in [2.05, 4.69) is 80.0 Å². The van der Waals surface area contributed by atoms with Crippen molar-refractivity contribution in [2.45, 2.75) is 140 Å². The van der Waals surface area contributed by atoms with E-state index in [4.69, 9.17) is 21.7 Å². The van der Waals surface area contributed by atoms with Crippen LogP contribution in [0.3, 0.4) is 0 Å². The maximum atomic E-state index is 12.9. The number of amides is 8. The first kappa shape index (κ1) is 63.3. The molecule has 0 fully saturated rings. The number of hydrogen-bond acceptors (Lipinski definition) is 12. The van der Waals surface area contributed by atoms with Crippen molar-refractivity contribution in [3.05, 3.63) is 35.6 Å². The molecule has 1 rings (SSSR count). The van der Waals surface area contributed by atoms with E-state index in [-0.39, 0.29) is 68.5 Å². The van der Waals surface area contributed by atoms with Crippen LogP contribution in [0.1, 0.15) is 103 Å². The molecule has 0 saturated heterocycles. The Labute approximate surface area is 407 Å². The molecule has 0 bridgehead atoms. The molecule has 71 heavy (non-hydrogen) atoms. The summed E-state index contributed by atoms with van der Waals surface area (Å²) < 4.78 is 0. The van der Waals surface area contributed by atoms with Gasteiger partial charge in [-0.25, -0.2) is 19.2 Å². The first-order valence-electron chi connectivity index (χ1n) is 22.6. The fourth-order valence-corrected chi connectivity index (χ4v) is 12.0. The van der Waals surface area contributed by atoms with Crippen molar-refractivity contribution >= 4 is 78.6 Å². The average molecular weight is 1260 g/mol. The van der Waals surface area contributed by atoms with Gasteiger partial charge in [0, 0.05) is 64.0 Å². The second-order valence-corrected chi connectivity index (χ2v) is 24.6. The number of carbonyl (C=O) groups is 11. The monoisotopic (exact) mass is 1250 g/mol. The minimum absolute atomic E-state index is 0. The number of carboxylic acids is 4. The number of carboxylic acid groups (broad SMARTS) is 4. The van der Waals surface area contributed by atoms with Gasteiger partial charge in [0.25, 0.3) is 5.91 Å². The summed E-state index contributed by atoms with van der Waals surface area (Å²) in [5.74, 6) is -9.82. The number of nitrogens with one attached hydrogen (secondary N) is 9. The molecule has 0 radical (unpaired) electrons. The van der Waals surface area contributed by atoms with E-state index in [9.17, 15) is 63.0 Å². The molecule has 1 aromatic rings. The summed E-state index contributed by atoms with van der Waals surface area (Å²) in [6.07, 6.45) is -2.59. The van der Waals surface area contributed by atoms with Gasteiger partial charge in [-0.1, -0.05) is 65.4 Å². The molecule has 0 heterocycles. The van der Waals surface area contributed by atoms with E-state index in [1.807, 2.05) is 22.8 Å². The van der Waals surface area contributed by atoms with Gasteiger partial charge in [-0.15, -0.1) is 0 Å². The van der Waals surface area contributed by atoms with Crippen LogP contribution in [-0.4, -0.2) is 157 Å². The van der Waals surface area contributed by atoms with Crippen molar-refractivity contribution in [3.8, 4) is 0 Å². The fraction of sp³-hybridized carbons (Fsp3) is 0.614. The Balaban J connectivity index is 0.0000490. The number of carbonyl (C=O) groups excluding carboxylic acids is 7. The second-order valence-electron chi connectivity index (χ2n) is 18.7. The first-order chi connectivity index (χ1) is 32.4. The van der Waals surface area contributed by atoms with Crippen LogP contribution in [0.25, 0.3) is 5.73 Å². The van der Waals surface area contributed by atoms with Crippen LogP contribution in [0.2, 0.25) is 16.6 Å². The number of benzene rings is 1. The summed E-state index contributed by atoms with van der Waals surface area (Å²) in [5.41, 5.74) is 14.3. The maximum absolute atomic E-state index is 12.9. The summed E-state index contributed by atoms with van der Waals surface area (Å²) in [7, 11) is -2.06. The van der Waals surface area contributed by atoms with Gasteiger partial charge in [-0.05, 0) is 53.9 Å². The van der Waals surface area contributed by atoms with Crippen molar-refractivity contribution in [1.29, 1.82) is 0 Å². The Kier molecular flexibility index (Phi) is 26.2. The Hall–Kier alpha value is -7.67. The van der Waals surface area contributed by atoms with Gasteiger partial charge in [0.1, 0.15) is 24.2 Å². The van der Waals surface area contributed by atoms with Gasteiger partial charge in [0.15, 0.2) is 0 Å². The Morgan fingerprint density at radius 3 is 1.51 bits per heavy atom. The summed E-state index contributed by atoms with van der Waals surface area (Å²) in [4.78, 5) is 133. The van der Waals surface area contributed by atoms with Gasteiger partial charge in [-0.3, -0.25) is 33.6 Å². The molecule has 0 spiro atoms. The van der Waals surface area contributed by atoms with Crippen molar-refractivity contribution in [1.82, 2.24) is 42.5 Å². The molecule has 15 N–H and O–H groups in total. The van der Waals surface area contributed by atoms with E-state index < -0.39 is 129 Å². The topological polar surface area (TPSA) is 415 Å². The largest absolute Gasteiger partial charge is 0.665 e. The number of rotatable bonds is 30. The summed E-state index contributed by atoms with van der Waals surface area (Å²) in [6.45, 7) is 14.8. The smallest absolute Gasteiger partial charge is 0.326 e. The number of hydrogen-bond donors (Lipinski definition) is 13. The second kappa shape index (κ2) is 29.4. The van der Waals surface area contributed by atoms with Crippen molar-refractivity contribution < 1.29 is 73.2 Å². The van der Waals surface area contributed by atoms with Crippen LogP contribution in [-0.2, 0) is 43.2 Å². The minimum atomic E-state index is -2.06. The zero-order valence-electron chi connectivity index (χ0n) is 41.1. The van der Waals surface area contributed by atoms with Crippen LogP contribution in [0.5, 0.6) is 0 Å². The Morgan fingerprint density at radius 1 is 0.577 bits per heavy atom. The maximum Gasteiger partial charge on any atom is 0.326 e. The molecule has 0 unspecified atom stereocenters. The van der Waals surface area contributed by atoms with Crippen molar-refractivity contribution in [2.75, 3.05) is 32.7 Å². The number of urea groups is 1. The van der Waals surface area contributed by atoms with Gasteiger partial charge < -0.3 is 74.4 Å². The van der Waals surface area contributed by atoms with Crippen LogP contribution >= 0.6 is 0 Å². The third-order valence-electron chi connectivity index (χ3n) is 11.8. The van der Waals surface area contributed by atoms with E-state index in [1.54, 1.807) is 12.1 Å². The van der Waals surface area contributed by atoms with Crippen LogP contribution in [0.4, 0.5) is 4.79 Å². The SMILES string of the molecule is CC(C)(C)[Si](C)(c1ccc(C(=O)NC[C@@H]([NH-])C(=O)N[C@H](CN)C(=O)NCCC(=O)NCCC(=O)NCCC[C@@H](NC(=O)CC[C@H](NC(=O)N[C@@H](CCC(=O)O)C(=O)O)C(=O)O)C(=O)O)cc1)C(C)(C)C.[Cm]. The zero-order valence-corrected chi connectivity index (χ0v) is 45.0. The molecule has 0 aliphatic rings. The molecule has 0 aliphatic heterocycles. The minimum Gasteiger partial charge on any atom is -0.665 e. The van der Waals surface area contributed by atoms with Crippen LogP contribution in [0, 0.1) is 0 Å².